The van der Waals surface area contributed by atoms with E-state index >= 15 is 0 Å². The van der Waals surface area contributed by atoms with Gasteiger partial charge in [0.25, 0.3) is 0 Å². The van der Waals surface area contributed by atoms with Gasteiger partial charge in [-0.05, 0) is 25.5 Å². The monoisotopic (exact) mass is 277 g/mol. The average Bonchev–Trinajstić information content (AvgIpc) is 2.43. The van der Waals surface area contributed by atoms with Gasteiger partial charge in [0.1, 0.15) is 11.9 Å². The first-order valence-electron chi connectivity index (χ1n) is 6.68. The number of piperidine rings is 1. The maximum atomic E-state index is 11.8. The quantitative estimate of drug-likeness (QED) is 0.848. The minimum atomic E-state index is -0.934. The van der Waals surface area contributed by atoms with Crippen molar-refractivity contribution in [1.82, 2.24) is 4.90 Å². The maximum absolute atomic E-state index is 11.8. The molecule has 0 spiro atoms. The second-order valence-electron chi connectivity index (χ2n) is 5.01. The van der Waals surface area contributed by atoms with Gasteiger partial charge in [-0.15, -0.1) is 0 Å². The van der Waals surface area contributed by atoms with Crippen LogP contribution < -0.4 is 4.74 Å². The standard InChI is InChI=1S/C15H19NO4/c1-10-6-7-13(20-2)11(8-10)12(17)9-16-14(18)4-3-5-15(16)19/h6-8,12,17H,3-5,9H2,1-2H3. The summed E-state index contributed by atoms with van der Waals surface area (Å²) in [5.41, 5.74) is 1.58. The van der Waals surface area contributed by atoms with Crippen molar-refractivity contribution in [3.63, 3.8) is 0 Å². The van der Waals surface area contributed by atoms with E-state index in [0.29, 0.717) is 30.6 Å². The molecule has 1 unspecified atom stereocenters. The van der Waals surface area contributed by atoms with Gasteiger partial charge in [0, 0.05) is 18.4 Å². The molecule has 1 aromatic rings. The summed E-state index contributed by atoms with van der Waals surface area (Å²) >= 11 is 0. The first-order chi connectivity index (χ1) is 9.52. The summed E-state index contributed by atoms with van der Waals surface area (Å²) in [6.45, 7) is 1.89. The lowest BCUT2D eigenvalue weighted by molar-refractivity contribution is -0.149. The molecule has 1 aromatic carbocycles. The van der Waals surface area contributed by atoms with Crippen molar-refractivity contribution >= 4 is 11.8 Å². The Morgan fingerprint density at radius 1 is 1.30 bits per heavy atom. The predicted octanol–water partition coefficient (Wildman–Crippen LogP) is 1.58. The minimum Gasteiger partial charge on any atom is -0.496 e. The molecule has 0 radical (unpaired) electrons. The van der Waals surface area contributed by atoms with Crippen LogP contribution in [0.2, 0.25) is 0 Å². The van der Waals surface area contributed by atoms with E-state index in [1.54, 1.807) is 6.07 Å². The first-order valence-corrected chi connectivity index (χ1v) is 6.68. The highest BCUT2D eigenvalue weighted by Crippen LogP contribution is 2.28. The van der Waals surface area contributed by atoms with Crippen LogP contribution in [0.25, 0.3) is 0 Å². The molecule has 2 amide bonds. The number of ether oxygens (including phenoxy) is 1. The maximum Gasteiger partial charge on any atom is 0.229 e. The number of rotatable bonds is 4. The van der Waals surface area contributed by atoms with Gasteiger partial charge >= 0.3 is 0 Å². The molecule has 5 heteroatoms. The van der Waals surface area contributed by atoms with Crippen LogP contribution in [0.5, 0.6) is 5.75 Å². The second-order valence-corrected chi connectivity index (χ2v) is 5.01. The van der Waals surface area contributed by atoms with Crippen LogP contribution in [0.4, 0.5) is 0 Å². The molecule has 1 atom stereocenters. The van der Waals surface area contributed by atoms with Gasteiger partial charge in [-0.25, -0.2) is 0 Å². The molecule has 0 aliphatic carbocycles. The summed E-state index contributed by atoms with van der Waals surface area (Å²) in [5.74, 6) is 0.124. The fourth-order valence-electron chi connectivity index (χ4n) is 2.39. The van der Waals surface area contributed by atoms with E-state index in [1.807, 2.05) is 19.1 Å². The Labute approximate surface area is 118 Å². The molecule has 1 aliphatic rings. The highest BCUT2D eigenvalue weighted by molar-refractivity contribution is 5.97. The van der Waals surface area contributed by atoms with Crippen LogP contribution in [0.15, 0.2) is 18.2 Å². The number of carbonyl (C=O) groups excluding carboxylic acids is 2. The Bertz CT molecular complexity index is 511. The van der Waals surface area contributed by atoms with Gasteiger partial charge in [0.2, 0.25) is 11.8 Å². The van der Waals surface area contributed by atoms with Crippen LogP contribution in [0, 0.1) is 6.92 Å². The van der Waals surface area contributed by atoms with E-state index < -0.39 is 6.10 Å². The van der Waals surface area contributed by atoms with E-state index in [2.05, 4.69) is 0 Å². The Balaban J connectivity index is 2.19. The molecule has 20 heavy (non-hydrogen) atoms. The normalized spacial score (nSPS) is 17.2. The molecule has 1 heterocycles. The van der Waals surface area contributed by atoms with E-state index in [-0.39, 0.29) is 18.4 Å². The molecular weight excluding hydrogens is 258 g/mol. The molecule has 1 N–H and O–H groups in total. The number of hydrogen-bond donors (Lipinski definition) is 1. The largest absolute Gasteiger partial charge is 0.496 e. The van der Waals surface area contributed by atoms with E-state index in [0.717, 1.165) is 10.5 Å². The number of methoxy groups -OCH3 is 1. The topological polar surface area (TPSA) is 66.8 Å². The van der Waals surface area contributed by atoms with Crippen molar-refractivity contribution < 1.29 is 19.4 Å². The Hall–Kier alpha value is -1.88. The number of β-amino-alcohol motifs (C(OH)–C–C–N with tert-alkyl or cyclic N) is 1. The summed E-state index contributed by atoms with van der Waals surface area (Å²) in [4.78, 5) is 24.7. The zero-order valence-corrected chi connectivity index (χ0v) is 11.8. The van der Waals surface area contributed by atoms with Crippen molar-refractivity contribution in [1.29, 1.82) is 0 Å². The molecule has 0 bridgehead atoms. The average molecular weight is 277 g/mol. The number of aliphatic hydroxyl groups is 1. The zero-order chi connectivity index (χ0) is 14.7. The SMILES string of the molecule is COc1ccc(C)cc1C(O)CN1C(=O)CCCC1=O. The van der Waals surface area contributed by atoms with Gasteiger partial charge < -0.3 is 9.84 Å². The van der Waals surface area contributed by atoms with Crippen LogP contribution in [0.3, 0.4) is 0 Å². The number of amides is 2. The summed E-state index contributed by atoms with van der Waals surface area (Å²) in [6, 6.07) is 5.46. The minimum absolute atomic E-state index is 0.0164. The summed E-state index contributed by atoms with van der Waals surface area (Å²) in [6.07, 6.45) is 0.390. The summed E-state index contributed by atoms with van der Waals surface area (Å²) in [7, 11) is 1.53. The van der Waals surface area contributed by atoms with Gasteiger partial charge in [0.05, 0.1) is 13.7 Å². The Kier molecular flexibility index (Phi) is 4.39. The van der Waals surface area contributed by atoms with Gasteiger partial charge in [-0.2, -0.15) is 0 Å². The fourth-order valence-corrected chi connectivity index (χ4v) is 2.39. The van der Waals surface area contributed by atoms with Crippen molar-refractivity contribution in [2.24, 2.45) is 0 Å². The number of likely N-dealkylation sites (tertiary alicyclic amines) is 1. The predicted molar refractivity (Wildman–Crippen MR) is 73.3 cm³/mol. The van der Waals surface area contributed by atoms with Crippen molar-refractivity contribution in [2.45, 2.75) is 32.3 Å². The highest BCUT2D eigenvalue weighted by atomic mass is 16.5. The number of nitrogens with zero attached hydrogens (tertiary/aromatic N) is 1. The smallest absolute Gasteiger partial charge is 0.229 e. The molecule has 0 saturated carbocycles. The second kappa shape index (κ2) is 6.05. The number of hydrogen-bond acceptors (Lipinski definition) is 4. The molecule has 1 saturated heterocycles. The van der Waals surface area contributed by atoms with Crippen LogP contribution in [-0.2, 0) is 9.59 Å². The molecule has 108 valence electrons. The number of aryl methyl sites for hydroxylation is 1. The van der Waals surface area contributed by atoms with Gasteiger partial charge in [0.15, 0.2) is 0 Å². The van der Waals surface area contributed by atoms with Gasteiger partial charge in [-0.1, -0.05) is 11.6 Å². The summed E-state index contributed by atoms with van der Waals surface area (Å²) in [5, 5.41) is 10.3. The molecule has 2 rings (SSSR count). The lowest BCUT2D eigenvalue weighted by atomic mass is 10.0. The van der Waals surface area contributed by atoms with Crippen LogP contribution in [0.1, 0.15) is 36.5 Å². The Morgan fingerprint density at radius 2 is 1.95 bits per heavy atom. The third-order valence-electron chi connectivity index (χ3n) is 3.48. The number of benzene rings is 1. The third kappa shape index (κ3) is 2.99. The van der Waals surface area contributed by atoms with Crippen molar-refractivity contribution in [3.05, 3.63) is 29.3 Å². The number of carbonyl (C=O) groups is 2. The van der Waals surface area contributed by atoms with Crippen molar-refractivity contribution in [3.8, 4) is 5.75 Å². The molecule has 5 nitrogen and oxygen atoms in total. The lowest BCUT2D eigenvalue weighted by Gasteiger charge is -2.27. The molecule has 1 fully saturated rings. The van der Waals surface area contributed by atoms with E-state index in [9.17, 15) is 14.7 Å². The van der Waals surface area contributed by atoms with Crippen LogP contribution >= 0.6 is 0 Å². The summed E-state index contributed by atoms with van der Waals surface area (Å²) < 4.78 is 5.22. The molecule has 1 aliphatic heterocycles. The highest BCUT2D eigenvalue weighted by Gasteiger charge is 2.28. The lowest BCUT2D eigenvalue weighted by Crippen LogP contribution is -2.42. The first kappa shape index (κ1) is 14.5. The number of imide groups is 1. The van der Waals surface area contributed by atoms with Crippen molar-refractivity contribution in [2.75, 3.05) is 13.7 Å². The van der Waals surface area contributed by atoms with E-state index in [1.165, 1.54) is 7.11 Å². The number of aliphatic hydroxyl groups excluding tert-OH is 1. The zero-order valence-electron chi connectivity index (χ0n) is 11.8. The third-order valence-corrected chi connectivity index (χ3v) is 3.48. The molecule has 0 aromatic heterocycles. The fraction of sp³-hybridized carbons (Fsp3) is 0.467. The van der Waals surface area contributed by atoms with Crippen LogP contribution in [-0.4, -0.2) is 35.5 Å². The molecular formula is C15H19NO4. The van der Waals surface area contributed by atoms with E-state index in [4.69, 9.17) is 4.74 Å². The Morgan fingerprint density at radius 3 is 2.55 bits per heavy atom. The van der Waals surface area contributed by atoms with Gasteiger partial charge in [-0.3, -0.25) is 14.5 Å².